The summed E-state index contributed by atoms with van der Waals surface area (Å²) < 4.78 is 0. The van der Waals surface area contributed by atoms with Crippen LogP contribution in [0, 0.1) is 0 Å². The second-order valence-electron chi connectivity index (χ2n) is 4.36. The van der Waals surface area contributed by atoms with Gasteiger partial charge in [-0.15, -0.1) is 11.8 Å². The number of amides is 1. The normalized spacial score (nSPS) is 20.3. The highest BCUT2D eigenvalue weighted by Gasteiger charge is 2.37. The molecule has 1 fully saturated rings. The van der Waals surface area contributed by atoms with Crippen molar-refractivity contribution in [1.82, 2.24) is 4.90 Å². The molecule has 2 rings (SSSR count). The van der Waals surface area contributed by atoms with Gasteiger partial charge in [0.05, 0.1) is 11.8 Å². The molecule has 102 valence electrons. The molecule has 1 saturated heterocycles. The lowest BCUT2D eigenvalue weighted by Gasteiger charge is -2.25. The molecular weight excluding hydrogens is 264 g/mol. The molecule has 1 amide bonds. The van der Waals surface area contributed by atoms with Crippen molar-refractivity contribution >= 4 is 23.6 Å². The fourth-order valence-electron chi connectivity index (χ4n) is 2.13. The van der Waals surface area contributed by atoms with E-state index in [9.17, 15) is 9.59 Å². The lowest BCUT2D eigenvalue weighted by Crippen LogP contribution is -2.45. The van der Waals surface area contributed by atoms with Crippen LogP contribution < -0.4 is 5.73 Å². The summed E-state index contributed by atoms with van der Waals surface area (Å²) >= 11 is 1.45. The molecule has 3 N–H and O–H groups in total. The molecule has 6 heteroatoms. The van der Waals surface area contributed by atoms with E-state index < -0.39 is 17.9 Å². The van der Waals surface area contributed by atoms with Crippen molar-refractivity contribution in [1.29, 1.82) is 0 Å². The predicted octanol–water partition coefficient (Wildman–Crippen LogP) is 0.715. The van der Waals surface area contributed by atoms with Gasteiger partial charge in [-0.25, -0.2) is 4.79 Å². The standard InChI is InChI=1S/C13H16N2O3S/c14-6-10(9-4-2-1-3-5-9)12(16)15-8-19-7-11(15)13(17)18/h1-5,10-11H,6-8,14H2,(H,17,18)/t10?,11-/m0/s1. The number of hydrogen-bond acceptors (Lipinski definition) is 4. The van der Waals surface area contributed by atoms with E-state index in [0.717, 1.165) is 5.56 Å². The van der Waals surface area contributed by atoms with E-state index in [-0.39, 0.29) is 12.5 Å². The van der Waals surface area contributed by atoms with Gasteiger partial charge in [-0.05, 0) is 5.56 Å². The third-order valence-electron chi connectivity index (χ3n) is 3.19. The predicted molar refractivity (Wildman–Crippen MR) is 73.8 cm³/mol. The molecule has 0 aliphatic carbocycles. The first-order valence-corrected chi connectivity index (χ1v) is 7.16. The average molecular weight is 280 g/mol. The Bertz CT molecular complexity index is 466. The summed E-state index contributed by atoms with van der Waals surface area (Å²) in [4.78, 5) is 25.0. The second kappa shape index (κ2) is 6.08. The van der Waals surface area contributed by atoms with Gasteiger partial charge in [0, 0.05) is 12.3 Å². The number of carbonyl (C=O) groups excluding carboxylic acids is 1. The van der Waals surface area contributed by atoms with Gasteiger partial charge in [-0.1, -0.05) is 30.3 Å². The van der Waals surface area contributed by atoms with Gasteiger partial charge in [-0.2, -0.15) is 0 Å². The largest absolute Gasteiger partial charge is 0.480 e. The Morgan fingerprint density at radius 3 is 2.68 bits per heavy atom. The Labute approximate surface area is 115 Å². The maximum atomic E-state index is 12.5. The summed E-state index contributed by atoms with van der Waals surface area (Å²) in [6.45, 7) is 0.177. The van der Waals surface area contributed by atoms with Crippen molar-refractivity contribution in [2.45, 2.75) is 12.0 Å². The number of carboxylic acids is 1. The van der Waals surface area contributed by atoms with Crippen LogP contribution in [0.4, 0.5) is 0 Å². The number of hydrogen-bond donors (Lipinski definition) is 2. The molecule has 0 bridgehead atoms. The molecule has 1 aliphatic rings. The number of thioether (sulfide) groups is 1. The molecule has 0 spiro atoms. The molecular formula is C13H16N2O3S. The van der Waals surface area contributed by atoms with Gasteiger partial charge >= 0.3 is 5.97 Å². The van der Waals surface area contributed by atoms with Crippen LogP contribution in [0.25, 0.3) is 0 Å². The molecule has 19 heavy (non-hydrogen) atoms. The van der Waals surface area contributed by atoms with Crippen molar-refractivity contribution in [3.8, 4) is 0 Å². The minimum Gasteiger partial charge on any atom is -0.480 e. The van der Waals surface area contributed by atoms with Crippen LogP contribution in [0.15, 0.2) is 30.3 Å². The maximum absolute atomic E-state index is 12.5. The zero-order valence-corrected chi connectivity index (χ0v) is 11.2. The minimum atomic E-state index is -0.956. The number of aliphatic carboxylic acids is 1. The topological polar surface area (TPSA) is 83.6 Å². The van der Waals surface area contributed by atoms with E-state index in [1.54, 1.807) is 0 Å². The highest BCUT2D eigenvalue weighted by molar-refractivity contribution is 7.99. The molecule has 0 radical (unpaired) electrons. The van der Waals surface area contributed by atoms with E-state index in [1.807, 2.05) is 30.3 Å². The summed E-state index contributed by atoms with van der Waals surface area (Å²) in [5, 5.41) is 9.12. The van der Waals surface area contributed by atoms with Crippen molar-refractivity contribution in [3.05, 3.63) is 35.9 Å². The molecule has 5 nitrogen and oxygen atoms in total. The monoisotopic (exact) mass is 280 g/mol. The quantitative estimate of drug-likeness (QED) is 0.849. The molecule has 1 aromatic carbocycles. The zero-order chi connectivity index (χ0) is 13.8. The summed E-state index contributed by atoms with van der Waals surface area (Å²) in [6.07, 6.45) is 0. The molecule has 1 aromatic rings. The molecule has 1 heterocycles. The Morgan fingerprint density at radius 1 is 1.42 bits per heavy atom. The van der Waals surface area contributed by atoms with Gasteiger partial charge in [0.2, 0.25) is 5.91 Å². The van der Waals surface area contributed by atoms with Crippen molar-refractivity contribution in [2.75, 3.05) is 18.2 Å². The lowest BCUT2D eigenvalue weighted by atomic mass is 9.97. The van der Waals surface area contributed by atoms with E-state index >= 15 is 0 Å². The van der Waals surface area contributed by atoms with Crippen LogP contribution in [0.3, 0.4) is 0 Å². The second-order valence-corrected chi connectivity index (χ2v) is 5.36. The fourth-order valence-corrected chi connectivity index (χ4v) is 3.28. The Balaban J connectivity index is 2.19. The average Bonchev–Trinajstić information content (AvgIpc) is 2.90. The van der Waals surface area contributed by atoms with Crippen LogP contribution in [-0.4, -0.2) is 46.1 Å². The van der Waals surface area contributed by atoms with E-state index in [1.165, 1.54) is 16.7 Å². The Hall–Kier alpha value is -1.53. The smallest absolute Gasteiger partial charge is 0.327 e. The first-order chi connectivity index (χ1) is 9.15. The summed E-state index contributed by atoms with van der Waals surface area (Å²) in [5.41, 5.74) is 6.52. The highest BCUT2D eigenvalue weighted by Crippen LogP contribution is 2.26. The minimum absolute atomic E-state index is 0.177. The Kier molecular flexibility index (Phi) is 4.44. The van der Waals surface area contributed by atoms with Crippen LogP contribution in [0.1, 0.15) is 11.5 Å². The van der Waals surface area contributed by atoms with Gasteiger partial charge < -0.3 is 15.7 Å². The molecule has 1 unspecified atom stereocenters. The van der Waals surface area contributed by atoms with Gasteiger partial charge in [0.1, 0.15) is 6.04 Å². The highest BCUT2D eigenvalue weighted by atomic mass is 32.2. The van der Waals surface area contributed by atoms with E-state index in [2.05, 4.69) is 0 Å². The van der Waals surface area contributed by atoms with Crippen molar-refractivity contribution in [3.63, 3.8) is 0 Å². The molecule has 0 aromatic heterocycles. The van der Waals surface area contributed by atoms with Gasteiger partial charge in [-0.3, -0.25) is 4.79 Å². The number of benzene rings is 1. The van der Waals surface area contributed by atoms with Crippen LogP contribution >= 0.6 is 11.8 Å². The van der Waals surface area contributed by atoms with Crippen LogP contribution in [0.2, 0.25) is 0 Å². The van der Waals surface area contributed by atoms with Crippen LogP contribution in [0.5, 0.6) is 0 Å². The maximum Gasteiger partial charge on any atom is 0.327 e. The summed E-state index contributed by atoms with van der Waals surface area (Å²) in [6, 6.07) is 8.50. The number of carbonyl (C=O) groups is 2. The SMILES string of the molecule is NCC(C(=O)N1CSC[C@H]1C(=O)O)c1ccccc1. The fraction of sp³-hybridized carbons (Fsp3) is 0.385. The molecule has 2 atom stereocenters. The van der Waals surface area contributed by atoms with E-state index in [0.29, 0.717) is 11.6 Å². The Morgan fingerprint density at radius 2 is 2.11 bits per heavy atom. The van der Waals surface area contributed by atoms with Gasteiger partial charge in [0.15, 0.2) is 0 Å². The molecule has 1 aliphatic heterocycles. The molecule has 0 saturated carbocycles. The first kappa shape index (κ1) is 13.9. The van der Waals surface area contributed by atoms with Crippen molar-refractivity contribution < 1.29 is 14.7 Å². The number of nitrogens with two attached hydrogens (primary N) is 1. The number of nitrogens with zero attached hydrogens (tertiary/aromatic N) is 1. The van der Waals surface area contributed by atoms with Gasteiger partial charge in [0.25, 0.3) is 0 Å². The van der Waals surface area contributed by atoms with Crippen molar-refractivity contribution in [2.24, 2.45) is 5.73 Å². The zero-order valence-electron chi connectivity index (χ0n) is 10.4. The van der Waals surface area contributed by atoms with E-state index in [4.69, 9.17) is 10.8 Å². The first-order valence-electron chi connectivity index (χ1n) is 6.01. The van der Waals surface area contributed by atoms with Crippen LogP contribution in [-0.2, 0) is 9.59 Å². The third-order valence-corrected chi connectivity index (χ3v) is 4.20. The summed E-state index contributed by atoms with van der Waals surface area (Å²) in [5.74, 6) is -0.776. The number of carboxylic acid groups (broad SMARTS) is 1. The summed E-state index contributed by atoms with van der Waals surface area (Å²) in [7, 11) is 0. The number of rotatable bonds is 4. The lowest BCUT2D eigenvalue weighted by molar-refractivity contribution is -0.148. The third kappa shape index (κ3) is 2.90.